The van der Waals surface area contributed by atoms with Crippen molar-refractivity contribution in [2.75, 3.05) is 13.1 Å². The third kappa shape index (κ3) is 4.96. The molecule has 2 aromatic heterocycles. The number of rotatable bonds is 7. The zero-order chi connectivity index (χ0) is 21.0. The Morgan fingerprint density at radius 1 is 1.48 bits per heavy atom. The number of nitrogens with zero attached hydrogens (tertiary/aromatic N) is 2. The molecule has 1 saturated heterocycles. The summed E-state index contributed by atoms with van der Waals surface area (Å²) < 4.78 is 33.4. The van der Waals surface area contributed by atoms with Gasteiger partial charge in [-0.2, -0.15) is 4.31 Å². The van der Waals surface area contributed by atoms with Gasteiger partial charge in [0.1, 0.15) is 5.69 Å². The van der Waals surface area contributed by atoms with Crippen LogP contribution in [-0.4, -0.2) is 42.9 Å². The highest BCUT2D eigenvalue weighted by atomic mass is 32.2. The van der Waals surface area contributed by atoms with Crippen molar-refractivity contribution in [3.05, 3.63) is 33.8 Å². The Bertz CT molecular complexity index is 964. The molecule has 0 spiro atoms. The van der Waals surface area contributed by atoms with E-state index in [0.29, 0.717) is 25.1 Å². The number of aromatic nitrogens is 1. The van der Waals surface area contributed by atoms with Gasteiger partial charge in [-0.25, -0.2) is 8.42 Å². The lowest BCUT2D eigenvalue weighted by Gasteiger charge is -2.31. The average Bonchev–Trinajstić information content (AvgIpc) is 3.36. The fourth-order valence-corrected chi connectivity index (χ4v) is 5.70. The number of aryl methyl sites for hydroxylation is 1. The molecular formula is C20H27N3O4S2. The predicted octanol–water partition coefficient (Wildman–Crippen LogP) is 3.53. The molecule has 2 aromatic rings. The lowest BCUT2D eigenvalue weighted by atomic mass is 9.98. The maximum Gasteiger partial charge on any atom is 0.248 e. The number of carbonyl (C=O) groups excluding carboxylic acids is 1. The summed E-state index contributed by atoms with van der Waals surface area (Å²) >= 11 is 1.55. The number of thiophene rings is 1. The van der Waals surface area contributed by atoms with E-state index in [1.165, 1.54) is 4.31 Å². The maximum atomic E-state index is 13.4. The molecule has 0 aromatic carbocycles. The van der Waals surface area contributed by atoms with Crippen LogP contribution in [0.2, 0.25) is 0 Å². The fraction of sp³-hybridized carbons (Fsp3) is 0.500. The van der Waals surface area contributed by atoms with Crippen molar-refractivity contribution in [1.29, 1.82) is 0 Å². The summed E-state index contributed by atoms with van der Waals surface area (Å²) in [5.74, 6) is -0.223. The number of hydrogen-bond acceptors (Lipinski definition) is 6. The molecular weight excluding hydrogens is 410 g/mol. The first-order valence-electron chi connectivity index (χ1n) is 9.81. The zero-order valence-electron chi connectivity index (χ0n) is 16.9. The largest absolute Gasteiger partial charge is 0.355 e. The van der Waals surface area contributed by atoms with Crippen molar-refractivity contribution in [2.45, 2.75) is 51.0 Å². The Morgan fingerprint density at radius 2 is 2.28 bits per heavy atom. The van der Waals surface area contributed by atoms with E-state index in [9.17, 15) is 13.2 Å². The molecule has 29 heavy (non-hydrogen) atoms. The Hall–Kier alpha value is -1.97. The van der Waals surface area contributed by atoms with Crippen LogP contribution in [0, 0.1) is 12.8 Å². The van der Waals surface area contributed by atoms with Crippen molar-refractivity contribution in [2.24, 2.45) is 5.92 Å². The minimum atomic E-state index is -3.82. The molecule has 0 unspecified atom stereocenters. The van der Waals surface area contributed by atoms with Gasteiger partial charge in [0.05, 0.1) is 5.92 Å². The van der Waals surface area contributed by atoms with Gasteiger partial charge in [0.2, 0.25) is 15.9 Å². The van der Waals surface area contributed by atoms with Gasteiger partial charge in [-0.15, -0.1) is 11.3 Å². The first-order valence-corrected chi connectivity index (χ1v) is 12.1. The second-order valence-corrected chi connectivity index (χ2v) is 10.2. The third-order valence-electron chi connectivity index (χ3n) is 5.13. The lowest BCUT2D eigenvalue weighted by molar-refractivity contribution is -0.126. The lowest BCUT2D eigenvalue weighted by Crippen LogP contribution is -2.47. The van der Waals surface area contributed by atoms with Gasteiger partial charge in [-0.05, 0) is 56.7 Å². The number of carbonyl (C=O) groups is 1. The van der Waals surface area contributed by atoms with Gasteiger partial charge in [-0.3, -0.25) is 4.79 Å². The molecule has 1 aliphatic rings. The van der Waals surface area contributed by atoms with Gasteiger partial charge < -0.3 is 9.84 Å². The van der Waals surface area contributed by atoms with E-state index in [2.05, 4.69) is 10.5 Å². The van der Waals surface area contributed by atoms with Crippen molar-refractivity contribution < 1.29 is 17.7 Å². The second kappa shape index (κ2) is 9.23. The van der Waals surface area contributed by atoms with Gasteiger partial charge in [0, 0.05) is 24.0 Å². The smallest absolute Gasteiger partial charge is 0.248 e. The molecule has 0 aliphatic carbocycles. The highest BCUT2D eigenvalue weighted by molar-refractivity contribution is 7.89. The topological polar surface area (TPSA) is 92.5 Å². The first kappa shape index (κ1) is 21.7. The molecule has 3 heterocycles. The minimum Gasteiger partial charge on any atom is -0.355 e. The van der Waals surface area contributed by atoms with E-state index in [0.717, 1.165) is 11.3 Å². The van der Waals surface area contributed by atoms with Gasteiger partial charge in [0.25, 0.3) is 0 Å². The van der Waals surface area contributed by atoms with Gasteiger partial charge >= 0.3 is 0 Å². The zero-order valence-corrected chi connectivity index (χ0v) is 18.6. The molecule has 2 atom stereocenters. The second-order valence-electron chi connectivity index (χ2n) is 7.33. The summed E-state index contributed by atoms with van der Waals surface area (Å²) in [6, 6.07) is 3.93. The summed E-state index contributed by atoms with van der Waals surface area (Å²) in [5.41, 5.74) is 0.321. The van der Waals surface area contributed by atoms with Crippen LogP contribution in [0.3, 0.4) is 0 Å². The van der Waals surface area contributed by atoms with Crippen LogP contribution < -0.4 is 5.32 Å². The van der Waals surface area contributed by atoms with Gasteiger partial charge in [-0.1, -0.05) is 18.1 Å². The molecule has 1 aliphatic heterocycles. The van der Waals surface area contributed by atoms with E-state index >= 15 is 0 Å². The van der Waals surface area contributed by atoms with Crippen LogP contribution in [0.4, 0.5) is 0 Å². The Morgan fingerprint density at radius 3 is 2.97 bits per heavy atom. The predicted molar refractivity (Wildman–Crippen MR) is 114 cm³/mol. The van der Waals surface area contributed by atoms with Crippen molar-refractivity contribution in [3.8, 4) is 0 Å². The number of amides is 1. The normalized spacial score (nSPS) is 19.5. The summed E-state index contributed by atoms with van der Waals surface area (Å²) in [7, 11) is -3.82. The van der Waals surface area contributed by atoms with E-state index < -0.39 is 10.0 Å². The molecule has 0 radical (unpaired) electrons. The standard InChI is InChI=1S/C20H27N3O4S2/c1-4-14(2)21-20(24)16-7-5-11-23(13-16)29(25,26)19-15(3)22-27-18(19)10-9-17-8-6-12-28-17/h6,8-10,12,14,16H,4-5,7,11,13H2,1-3H3,(H,21,24)/b10-9+/t14-,16-/m1/s1. The molecule has 1 fully saturated rings. The Balaban J connectivity index is 1.82. The summed E-state index contributed by atoms with van der Waals surface area (Å²) in [5, 5.41) is 8.78. The molecule has 9 heteroatoms. The third-order valence-corrected chi connectivity index (χ3v) is 7.99. The monoisotopic (exact) mass is 437 g/mol. The van der Waals surface area contributed by atoms with Gasteiger partial charge in [0.15, 0.2) is 10.7 Å². The van der Waals surface area contributed by atoms with Crippen LogP contribution in [0.15, 0.2) is 26.9 Å². The Labute approximate surface area is 175 Å². The molecule has 1 N–H and O–H groups in total. The van der Waals surface area contributed by atoms with Crippen LogP contribution in [0.1, 0.15) is 49.4 Å². The average molecular weight is 438 g/mol. The van der Waals surface area contributed by atoms with Crippen LogP contribution in [-0.2, 0) is 14.8 Å². The summed E-state index contributed by atoms with van der Waals surface area (Å²) in [6.45, 7) is 6.12. The maximum absolute atomic E-state index is 13.4. The number of sulfonamides is 1. The van der Waals surface area contributed by atoms with E-state index in [-0.39, 0.29) is 35.1 Å². The van der Waals surface area contributed by atoms with E-state index in [4.69, 9.17) is 4.52 Å². The van der Waals surface area contributed by atoms with Crippen LogP contribution in [0.5, 0.6) is 0 Å². The molecule has 3 rings (SSSR count). The van der Waals surface area contributed by atoms with E-state index in [1.807, 2.05) is 37.4 Å². The van der Waals surface area contributed by atoms with Crippen molar-refractivity contribution in [3.63, 3.8) is 0 Å². The number of hydrogen-bond donors (Lipinski definition) is 1. The molecule has 0 bridgehead atoms. The summed E-state index contributed by atoms with van der Waals surface area (Å²) in [6.07, 6.45) is 5.60. The molecule has 0 saturated carbocycles. The molecule has 158 valence electrons. The van der Waals surface area contributed by atoms with Crippen LogP contribution >= 0.6 is 11.3 Å². The number of nitrogens with one attached hydrogen (secondary N) is 1. The Kier molecular flexibility index (Phi) is 6.92. The SMILES string of the molecule is CC[C@@H](C)NC(=O)[C@@H]1CCCN(S(=O)(=O)c2c(C)noc2/C=C/c2cccs2)C1. The molecule has 7 nitrogen and oxygen atoms in total. The molecule has 1 amide bonds. The minimum absolute atomic E-state index is 0.0730. The quantitative estimate of drug-likeness (QED) is 0.715. The first-order chi connectivity index (χ1) is 13.8. The summed E-state index contributed by atoms with van der Waals surface area (Å²) in [4.78, 5) is 13.6. The van der Waals surface area contributed by atoms with Crippen molar-refractivity contribution >= 4 is 39.4 Å². The highest BCUT2D eigenvalue weighted by Gasteiger charge is 2.37. The number of piperidine rings is 1. The highest BCUT2D eigenvalue weighted by Crippen LogP contribution is 2.29. The fourth-order valence-electron chi connectivity index (χ4n) is 3.31. The van der Waals surface area contributed by atoms with Crippen molar-refractivity contribution in [1.82, 2.24) is 14.8 Å². The van der Waals surface area contributed by atoms with Crippen LogP contribution in [0.25, 0.3) is 12.2 Å². The van der Waals surface area contributed by atoms with E-state index in [1.54, 1.807) is 24.3 Å².